The Morgan fingerprint density at radius 1 is 0.906 bits per heavy atom. The predicted octanol–water partition coefficient (Wildman–Crippen LogP) is 9.62. The fraction of sp³-hybridized carbons (Fsp3) is 0.630. The summed E-state index contributed by atoms with van der Waals surface area (Å²) in [5, 5.41) is 13.9. The number of Topliss-reactive ketones (excluding diaryl/α,β-unsaturated/α-hetero) is 1. The maximum absolute atomic E-state index is 15.1. The molecular weight excluding hydrogens is 664 g/mol. The molecule has 4 N–H and O–H groups in total. The molecule has 5 aliphatic rings. The van der Waals surface area contributed by atoms with Crippen LogP contribution in [0.4, 0.5) is 4.39 Å². The number of aliphatic hydroxyl groups is 1. The molecule has 0 aromatic heterocycles. The van der Waals surface area contributed by atoms with Crippen LogP contribution in [0.2, 0.25) is 0 Å². The second-order valence-electron chi connectivity index (χ2n) is 18.3. The second-order valence-corrected chi connectivity index (χ2v) is 18.3. The van der Waals surface area contributed by atoms with Gasteiger partial charge in [0.15, 0.2) is 5.78 Å². The van der Waals surface area contributed by atoms with E-state index in [0.29, 0.717) is 28.2 Å². The summed E-state index contributed by atoms with van der Waals surface area (Å²) in [7, 11) is 0. The average molecular weight is 729 g/mol. The molecule has 0 radical (unpaired) electrons. The van der Waals surface area contributed by atoms with Crippen LogP contribution in [0.1, 0.15) is 144 Å². The van der Waals surface area contributed by atoms with Gasteiger partial charge in [0.05, 0.1) is 11.7 Å². The Bertz CT molecular complexity index is 1650. The van der Waals surface area contributed by atoms with Crippen LogP contribution in [0, 0.1) is 57.1 Å². The highest BCUT2D eigenvalue weighted by atomic mass is 19.1. The van der Waals surface area contributed by atoms with Crippen molar-refractivity contribution in [3.05, 3.63) is 83.2 Å². The molecule has 290 valence electrons. The number of fused-ring (bicyclic) bond motifs is 7. The highest BCUT2D eigenvalue weighted by Crippen LogP contribution is 2.73. The Morgan fingerprint density at radius 3 is 2.30 bits per heavy atom. The van der Waals surface area contributed by atoms with Gasteiger partial charge in [-0.2, -0.15) is 0 Å². The van der Waals surface area contributed by atoms with E-state index in [9.17, 15) is 14.7 Å². The normalized spacial score (nSPS) is 34.9. The summed E-state index contributed by atoms with van der Waals surface area (Å²) in [4.78, 5) is 33.6. The number of hydrogen-bond acceptors (Lipinski definition) is 4. The highest BCUT2D eigenvalue weighted by Gasteiger charge is 2.66. The molecule has 5 fully saturated rings. The first-order valence-corrected chi connectivity index (χ1v) is 20.2. The van der Waals surface area contributed by atoms with E-state index >= 15 is 4.39 Å². The molecule has 2 aromatic rings. The second kappa shape index (κ2) is 16.2. The van der Waals surface area contributed by atoms with Crippen LogP contribution in [0.15, 0.2) is 55.1 Å². The van der Waals surface area contributed by atoms with Crippen molar-refractivity contribution in [2.75, 3.05) is 0 Å². The van der Waals surface area contributed by atoms with Gasteiger partial charge in [0.25, 0.3) is 5.91 Å². The van der Waals surface area contributed by atoms with Gasteiger partial charge in [-0.25, -0.2) is 4.39 Å². The average Bonchev–Trinajstić information content (AvgIpc) is 3.54. The molecule has 0 spiro atoms. The zero-order valence-electron chi connectivity index (χ0n) is 33.2. The number of nitrogens with one attached hydrogen (secondary N) is 1. The predicted molar refractivity (Wildman–Crippen MR) is 211 cm³/mol. The molecule has 0 bridgehead atoms. The summed E-state index contributed by atoms with van der Waals surface area (Å²) >= 11 is 0. The van der Waals surface area contributed by atoms with E-state index in [4.69, 9.17) is 4.79 Å². The third-order valence-corrected chi connectivity index (χ3v) is 15.3. The fourth-order valence-electron chi connectivity index (χ4n) is 13.1. The van der Waals surface area contributed by atoms with Crippen molar-refractivity contribution in [3.8, 4) is 0 Å². The number of primary amides is 1. The summed E-state index contributed by atoms with van der Waals surface area (Å²) < 4.78 is 15.1. The number of halogens is 1. The Morgan fingerprint density at radius 2 is 1.60 bits per heavy atom. The van der Waals surface area contributed by atoms with Crippen molar-refractivity contribution in [3.63, 3.8) is 0 Å². The van der Waals surface area contributed by atoms with E-state index in [-0.39, 0.29) is 41.2 Å². The molecule has 2 amide bonds. The van der Waals surface area contributed by atoms with E-state index in [0.717, 1.165) is 41.7 Å². The Balaban J connectivity index is 0.000000847. The van der Waals surface area contributed by atoms with Gasteiger partial charge in [0.1, 0.15) is 5.82 Å². The molecule has 7 rings (SSSR count). The van der Waals surface area contributed by atoms with Crippen molar-refractivity contribution in [2.24, 2.45) is 57.0 Å². The molecule has 5 aliphatic carbocycles. The summed E-state index contributed by atoms with van der Waals surface area (Å²) in [6.07, 6.45) is 16.4. The van der Waals surface area contributed by atoms with Gasteiger partial charge in [-0.1, -0.05) is 64.5 Å². The summed E-state index contributed by atoms with van der Waals surface area (Å²) in [5.41, 5.74) is 7.69. The minimum absolute atomic E-state index is 0.0101. The van der Waals surface area contributed by atoms with Crippen molar-refractivity contribution in [1.29, 1.82) is 0 Å². The number of amides is 2. The number of hydrogen-bond donors (Lipinski definition) is 3. The lowest BCUT2D eigenvalue weighted by Crippen LogP contribution is -2.63. The highest BCUT2D eigenvalue weighted by molar-refractivity contribution is 5.95. The molecule has 0 saturated heterocycles. The summed E-state index contributed by atoms with van der Waals surface area (Å²) in [6.45, 7) is 17.0. The molecular formula is C46H65FN2O4. The maximum Gasteiger partial charge on any atom is 0.254 e. The zero-order chi connectivity index (χ0) is 38.8. The summed E-state index contributed by atoms with van der Waals surface area (Å²) in [5.74, 6) is 2.64. The largest absolute Gasteiger partial charge is 0.393 e. The van der Waals surface area contributed by atoms with Crippen molar-refractivity contribution < 1.29 is 23.9 Å². The number of allylic oxidation sites excluding steroid dienone is 1. The number of rotatable bonds is 6. The molecule has 53 heavy (non-hydrogen) atoms. The van der Waals surface area contributed by atoms with Gasteiger partial charge in [-0.3, -0.25) is 14.4 Å². The van der Waals surface area contributed by atoms with Crippen LogP contribution in [0.5, 0.6) is 0 Å². The number of carbonyl (C=O) groups is 3. The van der Waals surface area contributed by atoms with E-state index in [2.05, 4.69) is 45.3 Å². The quantitative estimate of drug-likeness (QED) is 0.156. The van der Waals surface area contributed by atoms with Crippen LogP contribution in [-0.2, 0) is 17.8 Å². The molecule has 0 aliphatic heterocycles. The monoisotopic (exact) mass is 728 g/mol. The third-order valence-electron chi connectivity index (χ3n) is 15.3. The minimum atomic E-state index is -0.485. The maximum atomic E-state index is 15.1. The van der Waals surface area contributed by atoms with Crippen molar-refractivity contribution in [2.45, 2.75) is 131 Å². The molecule has 9 unspecified atom stereocenters. The first-order valence-electron chi connectivity index (χ1n) is 20.2. The molecule has 9 atom stereocenters. The number of nitrogens with two attached hydrogens (primary N) is 1. The lowest BCUT2D eigenvalue weighted by atomic mass is 9.36. The van der Waals surface area contributed by atoms with Crippen LogP contribution in [0.25, 0.3) is 0 Å². The first kappa shape index (κ1) is 40.9. The van der Waals surface area contributed by atoms with Crippen LogP contribution in [-0.4, -0.2) is 29.3 Å². The zero-order valence-corrected chi connectivity index (χ0v) is 33.2. The molecule has 6 nitrogen and oxygen atoms in total. The van der Waals surface area contributed by atoms with Crippen LogP contribution >= 0.6 is 0 Å². The van der Waals surface area contributed by atoms with E-state index in [1.807, 2.05) is 31.2 Å². The SMILES string of the molecule is C=CC.CC(=O)c1cccc(CNC(=O)c2cc(CC34CCCC3C3CCC5C(C)(CCC6C(C)(C)C(O)CCC65C)C3CC4)ccc2F)c1.NC=O. The lowest BCUT2D eigenvalue weighted by molar-refractivity contribution is -0.214. The molecule has 2 aromatic carbocycles. The van der Waals surface area contributed by atoms with Crippen LogP contribution in [0.3, 0.4) is 0 Å². The molecule has 5 saturated carbocycles. The number of aliphatic hydroxyl groups excluding tert-OH is 1. The number of benzene rings is 2. The van der Waals surface area contributed by atoms with Gasteiger partial charge in [0.2, 0.25) is 6.41 Å². The van der Waals surface area contributed by atoms with Gasteiger partial charge in [-0.05, 0) is 165 Å². The van der Waals surface area contributed by atoms with Gasteiger partial charge >= 0.3 is 0 Å². The number of ketones is 1. The van der Waals surface area contributed by atoms with Gasteiger partial charge < -0.3 is 16.2 Å². The van der Waals surface area contributed by atoms with Gasteiger partial charge in [-0.15, -0.1) is 6.58 Å². The van der Waals surface area contributed by atoms with Gasteiger partial charge in [0, 0.05) is 12.1 Å². The van der Waals surface area contributed by atoms with E-state index in [1.165, 1.54) is 77.2 Å². The standard InChI is InChI=1S/C42H56FNO3.C3H6.CH3NO/c1-26(45)29-9-6-8-28(22-29)25-44-38(47)31-23-27(11-13-34(31)43)24-42-18-7-10-33(42)30-12-14-36-40(4,32(30)15-21-42)19-16-35-39(2,3)37(46)17-20-41(35,36)5;1-3-2;2-1-3/h6,8-9,11,13,22-23,30,32-33,35-37,46H,7,10,12,14-21,24-25H2,1-5H3,(H,44,47);3H,1H2,2H3;1H,(H2,2,3). The lowest BCUT2D eigenvalue weighted by Gasteiger charge is -2.69. The van der Waals surface area contributed by atoms with E-state index < -0.39 is 11.7 Å². The Labute approximate surface area is 318 Å². The molecule has 7 heteroatoms. The fourth-order valence-corrected chi connectivity index (χ4v) is 13.1. The first-order chi connectivity index (χ1) is 25.1. The molecule has 0 heterocycles. The number of carbonyl (C=O) groups excluding carboxylic acids is 3. The van der Waals surface area contributed by atoms with Crippen molar-refractivity contribution >= 4 is 18.1 Å². The summed E-state index contributed by atoms with van der Waals surface area (Å²) in [6, 6.07) is 12.4. The van der Waals surface area contributed by atoms with Crippen molar-refractivity contribution in [1.82, 2.24) is 5.32 Å². The Hall–Kier alpha value is -3.32. The minimum Gasteiger partial charge on any atom is -0.393 e. The third kappa shape index (κ3) is 7.66. The Kier molecular flexibility index (Phi) is 12.5. The topological polar surface area (TPSA) is 109 Å². The smallest absolute Gasteiger partial charge is 0.254 e. The van der Waals surface area contributed by atoms with Crippen LogP contribution < -0.4 is 11.1 Å². The van der Waals surface area contributed by atoms with E-state index in [1.54, 1.807) is 18.2 Å².